The second-order valence-electron chi connectivity index (χ2n) is 5.35. The van der Waals surface area contributed by atoms with Crippen molar-refractivity contribution in [2.75, 3.05) is 4.72 Å². The van der Waals surface area contributed by atoms with Crippen LogP contribution in [0.1, 0.15) is 0 Å². The number of aromatic nitrogens is 2. The Hall–Kier alpha value is -2.23. The van der Waals surface area contributed by atoms with Gasteiger partial charge in [0.05, 0.1) is 23.3 Å². The van der Waals surface area contributed by atoms with Crippen LogP contribution in [0.15, 0.2) is 54.7 Å². The zero-order chi connectivity index (χ0) is 19.8. The molecule has 0 fully saturated rings. The van der Waals surface area contributed by atoms with Gasteiger partial charge in [-0.15, -0.1) is 0 Å². The van der Waals surface area contributed by atoms with E-state index in [0.29, 0.717) is 16.4 Å². The smallest absolute Gasteiger partial charge is 0.275 e. The number of nitrogens with one attached hydrogen (secondary N) is 1. The van der Waals surface area contributed by atoms with Crippen LogP contribution in [0.25, 0.3) is 16.9 Å². The Balaban J connectivity index is 2.13. The number of hydrogen-bond donors (Lipinski definition) is 1. The van der Waals surface area contributed by atoms with E-state index in [9.17, 15) is 21.6 Å². The number of alkyl halides is 3. The quantitative estimate of drug-likeness (QED) is 0.619. The minimum Gasteiger partial charge on any atom is -0.275 e. The molecule has 0 saturated heterocycles. The maximum atomic E-state index is 12.7. The molecule has 0 spiro atoms. The van der Waals surface area contributed by atoms with Crippen molar-refractivity contribution in [1.82, 2.24) is 9.78 Å². The molecule has 11 heteroatoms. The molecular formula is C16H10Cl2F3N3O2S. The van der Waals surface area contributed by atoms with Gasteiger partial charge in [-0.3, -0.25) is 4.72 Å². The van der Waals surface area contributed by atoms with Gasteiger partial charge in [-0.05, 0) is 48.5 Å². The maximum Gasteiger partial charge on any atom is 0.516 e. The van der Waals surface area contributed by atoms with E-state index in [4.69, 9.17) is 23.2 Å². The topological polar surface area (TPSA) is 64.0 Å². The average Bonchev–Trinajstić information content (AvgIpc) is 3.05. The SMILES string of the molecule is O=S(=O)(Nc1ccc(Cl)cc1-c1ccnn1-c1ccc(Cl)cc1)C(F)(F)F. The minimum absolute atomic E-state index is 0.128. The molecule has 1 N–H and O–H groups in total. The third kappa shape index (κ3) is 4.05. The lowest BCUT2D eigenvalue weighted by molar-refractivity contribution is -0.0429. The maximum absolute atomic E-state index is 12.7. The first-order chi connectivity index (χ1) is 12.6. The Morgan fingerprint density at radius 3 is 2.22 bits per heavy atom. The average molecular weight is 436 g/mol. The summed E-state index contributed by atoms with van der Waals surface area (Å²) in [6, 6.07) is 11.8. The van der Waals surface area contributed by atoms with E-state index >= 15 is 0 Å². The highest BCUT2D eigenvalue weighted by atomic mass is 35.5. The van der Waals surface area contributed by atoms with Crippen molar-refractivity contribution in [3.05, 3.63) is 64.8 Å². The third-order valence-electron chi connectivity index (χ3n) is 3.52. The molecule has 0 amide bonds. The Bertz CT molecular complexity index is 1080. The molecule has 0 bridgehead atoms. The van der Waals surface area contributed by atoms with Crippen LogP contribution < -0.4 is 4.72 Å². The van der Waals surface area contributed by atoms with Gasteiger partial charge in [0.2, 0.25) is 0 Å². The van der Waals surface area contributed by atoms with Crippen molar-refractivity contribution in [1.29, 1.82) is 0 Å². The molecule has 3 aromatic rings. The van der Waals surface area contributed by atoms with Crippen molar-refractivity contribution in [3.8, 4) is 16.9 Å². The van der Waals surface area contributed by atoms with Crippen LogP contribution in [0.5, 0.6) is 0 Å². The van der Waals surface area contributed by atoms with Crippen molar-refractivity contribution < 1.29 is 21.6 Å². The first-order valence-corrected chi connectivity index (χ1v) is 9.51. The van der Waals surface area contributed by atoms with Crippen LogP contribution >= 0.6 is 23.2 Å². The van der Waals surface area contributed by atoms with Gasteiger partial charge in [-0.25, -0.2) is 4.68 Å². The summed E-state index contributed by atoms with van der Waals surface area (Å²) in [5, 5.41) is 4.85. The van der Waals surface area contributed by atoms with Crippen LogP contribution in [-0.2, 0) is 10.0 Å². The number of nitrogens with zero attached hydrogens (tertiary/aromatic N) is 2. The van der Waals surface area contributed by atoms with Crippen molar-refractivity contribution in [3.63, 3.8) is 0 Å². The molecule has 5 nitrogen and oxygen atoms in total. The highest BCUT2D eigenvalue weighted by Crippen LogP contribution is 2.35. The van der Waals surface area contributed by atoms with E-state index in [1.54, 1.807) is 29.0 Å². The van der Waals surface area contributed by atoms with Crippen LogP contribution in [0.2, 0.25) is 10.0 Å². The van der Waals surface area contributed by atoms with E-state index in [1.807, 2.05) is 0 Å². The number of benzene rings is 2. The Labute approximate surface area is 162 Å². The van der Waals surface area contributed by atoms with Gasteiger partial charge in [0.1, 0.15) is 0 Å². The van der Waals surface area contributed by atoms with Gasteiger partial charge >= 0.3 is 15.5 Å². The molecule has 1 heterocycles. The summed E-state index contributed by atoms with van der Waals surface area (Å²) in [4.78, 5) is 0. The van der Waals surface area contributed by atoms with E-state index < -0.39 is 15.5 Å². The van der Waals surface area contributed by atoms with E-state index in [-0.39, 0.29) is 16.3 Å². The lowest BCUT2D eigenvalue weighted by Crippen LogP contribution is -2.30. The fourth-order valence-corrected chi connectivity index (χ4v) is 3.20. The van der Waals surface area contributed by atoms with Crippen LogP contribution in [-0.4, -0.2) is 23.7 Å². The summed E-state index contributed by atoms with van der Waals surface area (Å²) < 4.78 is 64.3. The number of sulfonamides is 1. The highest BCUT2D eigenvalue weighted by Gasteiger charge is 2.46. The molecular weight excluding hydrogens is 426 g/mol. The van der Waals surface area contributed by atoms with Crippen molar-refractivity contribution >= 4 is 38.9 Å². The normalized spacial score (nSPS) is 12.2. The predicted molar refractivity (Wildman–Crippen MR) is 97.6 cm³/mol. The van der Waals surface area contributed by atoms with Crippen molar-refractivity contribution in [2.24, 2.45) is 0 Å². The second kappa shape index (κ2) is 7.06. The summed E-state index contributed by atoms with van der Waals surface area (Å²) in [7, 11) is -5.60. The molecule has 0 radical (unpaired) electrons. The number of hydrogen-bond acceptors (Lipinski definition) is 3. The summed E-state index contributed by atoms with van der Waals surface area (Å²) >= 11 is 11.8. The van der Waals surface area contributed by atoms with Crippen LogP contribution in [0.3, 0.4) is 0 Å². The first kappa shape index (κ1) is 19.5. The number of halogens is 5. The Kier molecular flexibility index (Phi) is 5.11. The molecule has 3 rings (SSSR count). The van der Waals surface area contributed by atoms with Gasteiger partial charge in [0.25, 0.3) is 0 Å². The third-order valence-corrected chi connectivity index (χ3v) is 5.11. The Morgan fingerprint density at radius 1 is 0.963 bits per heavy atom. The largest absolute Gasteiger partial charge is 0.516 e. The van der Waals surface area contributed by atoms with Gasteiger partial charge in [0, 0.05) is 15.6 Å². The van der Waals surface area contributed by atoms with Gasteiger partial charge in [-0.2, -0.15) is 26.7 Å². The van der Waals surface area contributed by atoms with E-state index in [0.717, 1.165) is 6.07 Å². The molecule has 0 atom stereocenters. The molecule has 1 aromatic heterocycles. The highest BCUT2D eigenvalue weighted by molar-refractivity contribution is 7.93. The van der Waals surface area contributed by atoms with E-state index in [2.05, 4.69) is 5.10 Å². The minimum atomic E-state index is -5.60. The fraction of sp³-hybridized carbons (Fsp3) is 0.0625. The molecule has 2 aromatic carbocycles. The number of anilines is 1. The summed E-state index contributed by atoms with van der Waals surface area (Å²) in [6.07, 6.45) is 1.42. The van der Waals surface area contributed by atoms with E-state index in [1.165, 1.54) is 29.1 Å². The first-order valence-electron chi connectivity index (χ1n) is 7.27. The lowest BCUT2D eigenvalue weighted by atomic mass is 10.1. The lowest BCUT2D eigenvalue weighted by Gasteiger charge is -2.15. The molecule has 0 aliphatic heterocycles. The number of rotatable bonds is 4. The molecule has 142 valence electrons. The summed E-state index contributed by atoms with van der Waals surface area (Å²) in [5.41, 5.74) is -4.71. The molecule has 27 heavy (non-hydrogen) atoms. The van der Waals surface area contributed by atoms with Crippen LogP contribution in [0.4, 0.5) is 18.9 Å². The fourth-order valence-electron chi connectivity index (χ4n) is 2.32. The zero-order valence-corrected chi connectivity index (χ0v) is 15.5. The molecule has 0 aliphatic carbocycles. The van der Waals surface area contributed by atoms with Gasteiger partial charge in [-0.1, -0.05) is 23.2 Å². The van der Waals surface area contributed by atoms with Crippen LogP contribution in [0, 0.1) is 0 Å². The van der Waals surface area contributed by atoms with Crippen molar-refractivity contribution in [2.45, 2.75) is 5.51 Å². The standard InChI is InChI=1S/C16H10Cl2F3N3O2S/c17-10-1-4-12(5-2-10)24-15(7-8-22-24)13-9-11(18)3-6-14(13)23-27(25,26)16(19,20)21/h1-9,23H. The monoisotopic (exact) mass is 435 g/mol. The summed E-state index contributed by atoms with van der Waals surface area (Å²) in [5.74, 6) is 0. The second-order valence-corrected chi connectivity index (χ2v) is 7.89. The predicted octanol–water partition coefficient (Wildman–Crippen LogP) is 5.11. The zero-order valence-electron chi connectivity index (χ0n) is 13.2. The van der Waals surface area contributed by atoms with Gasteiger partial charge in [0.15, 0.2) is 0 Å². The molecule has 0 aliphatic rings. The Morgan fingerprint density at radius 2 is 1.59 bits per heavy atom. The molecule has 0 unspecified atom stereocenters. The summed E-state index contributed by atoms with van der Waals surface area (Å²) in [6.45, 7) is 0. The molecule has 0 saturated carbocycles. The van der Waals surface area contributed by atoms with Gasteiger partial charge < -0.3 is 0 Å².